The maximum atomic E-state index is 6.15. The molecule has 0 aliphatic carbocycles. The molecule has 1 unspecified atom stereocenters. The highest BCUT2D eigenvalue weighted by Crippen LogP contribution is 2.34. The van der Waals surface area contributed by atoms with Crippen molar-refractivity contribution >= 4 is 22.6 Å². The second kappa shape index (κ2) is 4.50. The van der Waals surface area contributed by atoms with Crippen molar-refractivity contribution in [2.75, 3.05) is 13.1 Å². The van der Waals surface area contributed by atoms with Crippen LogP contribution in [0.25, 0.3) is 11.0 Å². The van der Waals surface area contributed by atoms with Gasteiger partial charge in [-0.05, 0) is 45.0 Å². The van der Waals surface area contributed by atoms with Crippen LogP contribution in [0.4, 0.5) is 0 Å². The lowest BCUT2D eigenvalue weighted by Crippen LogP contribution is -2.29. The molecule has 1 saturated heterocycles. The summed E-state index contributed by atoms with van der Waals surface area (Å²) in [5.41, 5.74) is 2.31. The Morgan fingerprint density at radius 1 is 1.42 bits per heavy atom. The van der Waals surface area contributed by atoms with Gasteiger partial charge in [-0.15, -0.1) is 0 Å². The predicted octanol–water partition coefficient (Wildman–Crippen LogP) is 3.52. The van der Waals surface area contributed by atoms with Gasteiger partial charge in [-0.2, -0.15) is 0 Å². The molecule has 4 heteroatoms. The van der Waals surface area contributed by atoms with E-state index in [0.29, 0.717) is 6.04 Å². The number of hydrogen-bond donors (Lipinski definition) is 1. The second-order valence-electron chi connectivity index (χ2n) is 6.02. The average molecular weight is 278 g/mol. The lowest BCUT2D eigenvalue weighted by molar-refractivity contribution is 0.442. The molecule has 3 nitrogen and oxygen atoms in total. The standard InChI is InChI=1S/C15H20ClN3/c1-10(2)19-13-8-11(16)4-5-12(13)18-14(19)15(3)6-7-17-9-15/h4-5,8,10,17H,6-7,9H2,1-3H3. The summed E-state index contributed by atoms with van der Waals surface area (Å²) < 4.78 is 2.34. The van der Waals surface area contributed by atoms with Crippen molar-refractivity contribution in [2.24, 2.45) is 0 Å². The van der Waals surface area contributed by atoms with Crippen LogP contribution in [0.3, 0.4) is 0 Å². The average Bonchev–Trinajstić information content (AvgIpc) is 2.93. The molecular weight excluding hydrogens is 258 g/mol. The summed E-state index contributed by atoms with van der Waals surface area (Å²) >= 11 is 6.15. The first-order chi connectivity index (χ1) is 9.01. The highest BCUT2D eigenvalue weighted by atomic mass is 35.5. The van der Waals surface area contributed by atoms with E-state index in [0.717, 1.165) is 35.6 Å². The van der Waals surface area contributed by atoms with Crippen molar-refractivity contribution in [1.29, 1.82) is 0 Å². The first-order valence-electron chi connectivity index (χ1n) is 6.90. The zero-order chi connectivity index (χ0) is 13.6. The quantitative estimate of drug-likeness (QED) is 0.910. The molecule has 0 amide bonds. The Balaban J connectivity index is 2.26. The van der Waals surface area contributed by atoms with Crippen LogP contribution in [0, 0.1) is 0 Å². The Morgan fingerprint density at radius 2 is 2.21 bits per heavy atom. The molecule has 1 fully saturated rings. The molecule has 102 valence electrons. The number of fused-ring (bicyclic) bond motifs is 1. The first-order valence-corrected chi connectivity index (χ1v) is 7.28. The minimum Gasteiger partial charge on any atom is -0.325 e. The van der Waals surface area contributed by atoms with E-state index < -0.39 is 0 Å². The number of rotatable bonds is 2. The van der Waals surface area contributed by atoms with E-state index in [-0.39, 0.29) is 5.41 Å². The van der Waals surface area contributed by atoms with Crippen molar-refractivity contribution in [3.63, 3.8) is 0 Å². The number of halogens is 1. The highest BCUT2D eigenvalue weighted by molar-refractivity contribution is 6.31. The van der Waals surface area contributed by atoms with E-state index in [1.165, 1.54) is 5.82 Å². The van der Waals surface area contributed by atoms with Crippen LogP contribution in [-0.2, 0) is 5.41 Å². The summed E-state index contributed by atoms with van der Waals surface area (Å²) in [4.78, 5) is 4.89. The molecule has 2 heterocycles. The van der Waals surface area contributed by atoms with Crippen LogP contribution in [0.1, 0.15) is 39.1 Å². The second-order valence-corrected chi connectivity index (χ2v) is 6.46. The zero-order valence-corrected chi connectivity index (χ0v) is 12.5. The minimum absolute atomic E-state index is 0.121. The Kier molecular flexibility index (Phi) is 3.06. The Bertz CT molecular complexity index is 609. The van der Waals surface area contributed by atoms with E-state index in [1.54, 1.807) is 0 Å². The summed E-state index contributed by atoms with van der Waals surface area (Å²) in [5, 5.41) is 4.23. The lowest BCUT2D eigenvalue weighted by Gasteiger charge is -2.25. The molecule has 1 N–H and O–H groups in total. The monoisotopic (exact) mass is 277 g/mol. The lowest BCUT2D eigenvalue weighted by atomic mass is 9.88. The molecule has 0 bridgehead atoms. The third-order valence-electron chi connectivity index (χ3n) is 4.08. The first kappa shape index (κ1) is 12.9. The van der Waals surface area contributed by atoms with Crippen LogP contribution < -0.4 is 5.32 Å². The van der Waals surface area contributed by atoms with Crippen LogP contribution in [0.5, 0.6) is 0 Å². The molecular formula is C15H20ClN3. The fourth-order valence-electron chi connectivity index (χ4n) is 3.02. The number of hydrogen-bond acceptors (Lipinski definition) is 2. The number of aromatic nitrogens is 2. The third-order valence-corrected chi connectivity index (χ3v) is 4.31. The van der Waals surface area contributed by atoms with Gasteiger partial charge in [0.1, 0.15) is 5.82 Å². The number of imidazole rings is 1. The smallest absolute Gasteiger partial charge is 0.117 e. The molecule has 19 heavy (non-hydrogen) atoms. The van der Waals surface area contributed by atoms with Crippen LogP contribution in [-0.4, -0.2) is 22.6 Å². The van der Waals surface area contributed by atoms with Gasteiger partial charge in [0.05, 0.1) is 11.0 Å². The van der Waals surface area contributed by atoms with E-state index in [4.69, 9.17) is 16.6 Å². The van der Waals surface area contributed by atoms with Gasteiger partial charge in [0.25, 0.3) is 0 Å². The number of nitrogens with one attached hydrogen (secondary N) is 1. The van der Waals surface area contributed by atoms with Gasteiger partial charge in [0, 0.05) is 23.0 Å². The Hall–Kier alpha value is -1.06. The minimum atomic E-state index is 0.121. The predicted molar refractivity (Wildman–Crippen MR) is 80.0 cm³/mol. The maximum Gasteiger partial charge on any atom is 0.117 e. The van der Waals surface area contributed by atoms with Gasteiger partial charge in [-0.1, -0.05) is 18.5 Å². The molecule has 0 spiro atoms. The van der Waals surface area contributed by atoms with Crippen molar-refractivity contribution in [1.82, 2.24) is 14.9 Å². The maximum absolute atomic E-state index is 6.15. The molecule has 1 aromatic heterocycles. The summed E-state index contributed by atoms with van der Waals surface area (Å²) in [6.45, 7) is 8.78. The van der Waals surface area contributed by atoms with Crippen LogP contribution in [0.2, 0.25) is 5.02 Å². The Labute approximate surface area is 119 Å². The van der Waals surface area contributed by atoms with Crippen molar-refractivity contribution in [3.05, 3.63) is 29.0 Å². The van der Waals surface area contributed by atoms with E-state index in [9.17, 15) is 0 Å². The van der Waals surface area contributed by atoms with Crippen LogP contribution >= 0.6 is 11.6 Å². The summed E-state index contributed by atoms with van der Waals surface area (Å²) in [6.07, 6.45) is 1.14. The molecule has 3 rings (SSSR count). The Morgan fingerprint density at radius 3 is 2.84 bits per heavy atom. The highest BCUT2D eigenvalue weighted by Gasteiger charge is 2.36. The van der Waals surface area contributed by atoms with E-state index >= 15 is 0 Å². The van der Waals surface area contributed by atoms with Gasteiger partial charge in [0.15, 0.2) is 0 Å². The van der Waals surface area contributed by atoms with E-state index in [1.807, 2.05) is 18.2 Å². The topological polar surface area (TPSA) is 29.9 Å². The summed E-state index contributed by atoms with van der Waals surface area (Å²) in [7, 11) is 0. The number of nitrogens with zero attached hydrogens (tertiary/aromatic N) is 2. The third kappa shape index (κ3) is 2.05. The molecule has 0 radical (unpaired) electrons. The van der Waals surface area contributed by atoms with Gasteiger partial charge < -0.3 is 9.88 Å². The largest absolute Gasteiger partial charge is 0.325 e. The van der Waals surface area contributed by atoms with Crippen molar-refractivity contribution < 1.29 is 0 Å². The molecule has 1 aromatic carbocycles. The van der Waals surface area contributed by atoms with Crippen molar-refractivity contribution in [3.8, 4) is 0 Å². The van der Waals surface area contributed by atoms with Gasteiger partial charge in [-0.3, -0.25) is 0 Å². The van der Waals surface area contributed by atoms with E-state index in [2.05, 4.69) is 30.7 Å². The normalized spacial score (nSPS) is 23.6. The van der Waals surface area contributed by atoms with Gasteiger partial charge in [-0.25, -0.2) is 4.98 Å². The van der Waals surface area contributed by atoms with Gasteiger partial charge in [0.2, 0.25) is 0 Å². The zero-order valence-electron chi connectivity index (χ0n) is 11.7. The molecule has 0 saturated carbocycles. The SMILES string of the molecule is CC(C)n1c(C2(C)CCNC2)nc2ccc(Cl)cc21. The number of benzene rings is 1. The van der Waals surface area contributed by atoms with Crippen LogP contribution in [0.15, 0.2) is 18.2 Å². The fourth-order valence-corrected chi connectivity index (χ4v) is 3.19. The molecule has 1 atom stereocenters. The van der Waals surface area contributed by atoms with Crippen molar-refractivity contribution in [2.45, 2.75) is 38.6 Å². The molecule has 1 aliphatic heterocycles. The molecule has 1 aliphatic rings. The summed E-state index contributed by atoms with van der Waals surface area (Å²) in [6, 6.07) is 6.35. The summed E-state index contributed by atoms with van der Waals surface area (Å²) in [5.74, 6) is 1.18. The molecule has 2 aromatic rings. The fraction of sp³-hybridized carbons (Fsp3) is 0.533. The van der Waals surface area contributed by atoms with Gasteiger partial charge >= 0.3 is 0 Å².